The molecule has 0 aromatic rings. The van der Waals surface area contributed by atoms with E-state index in [0.717, 1.165) is 0 Å². The zero-order valence-electron chi connectivity index (χ0n) is 10.7. The van der Waals surface area contributed by atoms with E-state index in [-0.39, 0.29) is 12.6 Å². The molecule has 2 amide bonds. The van der Waals surface area contributed by atoms with Gasteiger partial charge in [0, 0.05) is 28.4 Å². The van der Waals surface area contributed by atoms with E-state index in [1.807, 2.05) is 0 Å². The molecule has 108 valence electrons. The molecule has 0 saturated carbocycles. The van der Waals surface area contributed by atoms with Crippen LogP contribution >= 0.6 is 15.2 Å². The van der Waals surface area contributed by atoms with Gasteiger partial charge in [-0.05, 0) is 0 Å². The van der Waals surface area contributed by atoms with Gasteiger partial charge in [0.1, 0.15) is 12.6 Å². The fourth-order valence-corrected chi connectivity index (χ4v) is 2.30. The Bertz CT molecular complexity index is 314. The fourth-order valence-electron chi connectivity index (χ4n) is 0.807. The molecule has 0 aliphatic carbocycles. The molecule has 0 atom stereocenters. The van der Waals surface area contributed by atoms with Crippen LogP contribution in [0, 0.1) is 0 Å². The van der Waals surface area contributed by atoms with E-state index in [0.29, 0.717) is 0 Å². The second-order valence-corrected chi connectivity index (χ2v) is 7.49. The predicted octanol–water partition coefficient (Wildman–Crippen LogP) is 1.17. The van der Waals surface area contributed by atoms with Gasteiger partial charge in [0.15, 0.2) is 0 Å². The van der Waals surface area contributed by atoms with Crippen molar-refractivity contribution in [3.63, 3.8) is 0 Å². The van der Waals surface area contributed by atoms with Crippen molar-refractivity contribution in [1.82, 2.24) is 10.6 Å². The standard InChI is InChI=1S/C7H18N2O7P2/c1-13-17(11,14-2)5-8-7(10)9-6-18(12,15-3)16-4/h5-6H2,1-4H3,(H2,8,9,10). The highest BCUT2D eigenvalue weighted by Crippen LogP contribution is 2.45. The molecule has 2 N–H and O–H groups in total. The predicted molar refractivity (Wildman–Crippen MR) is 64.7 cm³/mol. The van der Waals surface area contributed by atoms with Crippen LogP contribution in [0.15, 0.2) is 0 Å². The summed E-state index contributed by atoms with van der Waals surface area (Å²) in [4.78, 5) is 11.3. The molecule has 0 radical (unpaired) electrons. The molecule has 0 aromatic carbocycles. The summed E-state index contributed by atoms with van der Waals surface area (Å²) in [6.45, 7) is 0. The van der Waals surface area contributed by atoms with Gasteiger partial charge in [0.25, 0.3) is 0 Å². The fraction of sp³-hybridized carbons (Fsp3) is 0.857. The molecular formula is C7H18N2O7P2. The summed E-state index contributed by atoms with van der Waals surface area (Å²) in [6.07, 6.45) is -0.619. The van der Waals surface area contributed by atoms with Crippen molar-refractivity contribution >= 4 is 21.2 Å². The maximum atomic E-state index is 11.6. The van der Waals surface area contributed by atoms with Crippen molar-refractivity contribution in [2.75, 3.05) is 41.0 Å². The molecule has 0 heterocycles. The molecule has 0 aliphatic heterocycles. The first kappa shape index (κ1) is 17.6. The van der Waals surface area contributed by atoms with Crippen LogP contribution in [0.4, 0.5) is 4.79 Å². The quantitative estimate of drug-likeness (QED) is 0.647. The molecule has 18 heavy (non-hydrogen) atoms. The first-order valence-corrected chi connectivity index (χ1v) is 8.23. The summed E-state index contributed by atoms with van der Waals surface area (Å²) in [5.41, 5.74) is 0. The number of carbonyl (C=O) groups excluding carboxylic acids is 1. The van der Waals surface area contributed by atoms with Crippen LogP contribution < -0.4 is 10.6 Å². The van der Waals surface area contributed by atoms with Crippen molar-refractivity contribution in [3.8, 4) is 0 Å². The molecule has 0 saturated heterocycles. The first-order valence-electron chi connectivity index (χ1n) is 4.77. The smallest absolute Gasteiger partial charge is 0.326 e. The topological polar surface area (TPSA) is 112 Å². The second kappa shape index (κ2) is 7.89. The lowest BCUT2D eigenvalue weighted by Gasteiger charge is -2.16. The van der Waals surface area contributed by atoms with Gasteiger partial charge in [0.05, 0.1) is 0 Å². The zero-order valence-corrected chi connectivity index (χ0v) is 12.5. The third-order valence-electron chi connectivity index (χ3n) is 1.98. The van der Waals surface area contributed by atoms with E-state index in [2.05, 4.69) is 28.7 Å². The lowest BCUT2D eigenvalue weighted by Crippen LogP contribution is -2.36. The highest BCUT2D eigenvalue weighted by Gasteiger charge is 2.24. The van der Waals surface area contributed by atoms with Crippen molar-refractivity contribution in [1.29, 1.82) is 0 Å². The summed E-state index contributed by atoms with van der Waals surface area (Å²) in [7, 11) is -1.82. The van der Waals surface area contributed by atoms with E-state index in [1.165, 1.54) is 28.4 Å². The summed E-state index contributed by atoms with van der Waals surface area (Å²) >= 11 is 0. The SMILES string of the molecule is COP(=O)(CNC(=O)NCP(=O)(OC)OC)OC. The van der Waals surface area contributed by atoms with Crippen LogP contribution in [0.5, 0.6) is 0 Å². The summed E-state index contributed by atoms with van der Waals surface area (Å²) in [6, 6.07) is -0.696. The Balaban J connectivity index is 4.14. The Morgan fingerprint density at radius 2 is 1.11 bits per heavy atom. The highest BCUT2D eigenvalue weighted by atomic mass is 31.2. The molecule has 0 bridgehead atoms. The van der Waals surface area contributed by atoms with Gasteiger partial charge in [-0.1, -0.05) is 0 Å². The Kier molecular flexibility index (Phi) is 7.70. The number of amides is 2. The number of hydrogen-bond acceptors (Lipinski definition) is 7. The van der Waals surface area contributed by atoms with Gasteiger partial charge in [-0.3, -0.25) is 9.13 Å². The average molecular weight is 304 g/mol. The average Bonchev–Trinajstić information content (AvgIpc) is 2.42. The molecule has 0 spiro atoms. The molecule has 9 nitrogen and oxygen atoms in total. The molecule has 0 aliphatic rings. The van der Waals surface area contributed by atoms with Crippen molar-refractivity contribution in [3.05, 3.63) is 0 Å². The Hall–Kier alpha value is -0.430. The molecular weight excluding hydrogens is 286 g/mol. The van der Waals surface area contributed by atoms with Crippen molar-refractivity contribution < 1.29 is 32.0 Å². The van der Waals surface area contributed by atoms with E-state index in [9.17, 15) is 13.9 Å². The van der Waals surface area contributed by atoms with Crippen molar-refractivity contribution in [2.24, 2.45) is 0 Å². The maximum absolute atomic E-state index is 11.6. The number of nitrogens with one attached hydrogen (secondary N) is 2. The van der Waals surface area contributed by atoms with Gasteiger partial charge in [-0.2, -0.15) is 0 Å². The summed E-state index contributed by atoms with van der Waals surface area (Å²) < 4.78 is 41.6. The highest BCUT2D eigenvalue weighted by molar-refractivity contribution is 7.54. The summed E-state index contributed by atoms with van der Waals surface area (Å²) in [5, 5.41) is 4.50. The van der Waals surface area contributed by atoms with E-state index >= 15 is 0 Å². The van der Waals surface area contributed by atoms with Crippen molar-refractivity contribution in [2.45, 2.75) is 0 Å². The number of carbonyl (C=O) groups is 1. The summed E-state index contributed by atoms with van der Waals surface area (Å²) in [5.74, 6) is 0. The number of urea groups is 1. The third-order valence-corrected chi connectivity index (χ3v) is 5.30. The Labute approximate surface area is 106 Å². The van der Waals surface area contributed by atoms with Gasteiger partial charge < -0.3 is 28.7 Å². The van der Waals surface area contributed by atoms with Crippen LogP contribution in [0.1, 0.15) is 0 Å². The molecule has 0 aromatic heterocycles. The van der Waals surface area contributed by atoms with Gasteiger partial charge in [-0.15, -0.1) is 0 Å². The molecule has 0 rings (SSSR count). The van der Waals surface area contributed by atoms with Gasteiger partial charge in [-0.25, -0.2) is 4.79 Å². The Morgan fingerprint density at radius 3 is 1.33 bits per heavy atom. The molecule has 0 unspecified atom stereocenters. The normalized spacial score (nSPS) is 12.2. The lowest BCUT2D eigenvalue weighted by atomic mass is 10.9. The second-order valence-electron chi connectivity index (χ2n) is 2.95. The third kappa shape index (κ3) is 5.95. The Morgan fingerprint density at radius 1 is 0.833 bits per heavy atom. The van der Waals surface area contributed by atoms with Crippen LogP contribution in [0.3, 0.4) is 0 Å². The first-order chi connectivity index (χ1) is 8.34. The zero-order chi connectivity index (χ0) is 14.2. The van der Waals surface area contributed by atoms with Crippen LogP contribution in [-0.4, -0.2) is 47.0 Å². The maximum Gasteiger partial charge on any atom is 0.349 e. The molecule has 0 fully saturated rings. The van der Waals surface area contributed by atoms with Crippen LogP contribution in [0.25, 0.3) is 0 Å². The van der Waals surface area contributed by atoms with Crippen LogP contribution in [0.2, 0.25) is 0 Å². The molecule has 11 heteroatoms. The minimum Gasteiger partial charge on any atom is -0.326 e. The van der Waals surface area contributed by atoms with Gasteiger partial charge in [0.2, 0.25) is 0 Å². The lowest BCUT2D eigenvalue weighted by molar-refractivity contribution is 0.236. The van der Waals surface area contributed by atoms with Crippen LogP contribution in [-0.2, 0) is 27.2 Å². The number of rotatable bonds is 8. The van der Waals surface area contributed by atoms with E-state index in [1.54, 1.807) is 0 Å². The minimum atomic E-state index is -3.32. The minimum absolute atomic E-state index is 0.309. The number of hydrogen-bond donors (Lipinski definition) is 2. The van der Waals surface area contributed by atoms with E-state index in [4.69, 9.17) is 0 Å². The van der Waals surface area contributed by atoms with E-state index < -0.39 is 21.2 Å². The van der Waals surface area contributed by atoms with Gasteiger partial charge >= 0.3 is 21.2 Å². The largest absolute Gasteiger partial charge is 0.349 e. The monoisotopic (exact) mass is 304 g/mol.